The molecule has 0 atom stereocenters. The SMILES string of the molecule is CCC(N)(CC)CNC(=O)c1cnc(-c2ccccc2F)s1. The standard InChI is InChI=1S/C16H20FN3OS/c1-3-16(18,4-2)10-20-14(21)13-9-19-15(22-13)11-7-5-6-8-12(11)17/h5-9H,3-4,10,18H2,1-2H3,(H,20,21). The summed E-state index contributed by atoms with van der Waals surface area (Å²) in [6.07, 6.45) is 3.04. The number of hydrogen-bond acceptors (Lipinski definition) is 4. The molecule has 0 bridgehead atoms. The maximum atomic E-state index is 13.7. The summed E-state index contributed by atoms with van der Waals surface area (Å²) < 4.78 is 13.7. The molecule has 0 saturated carbocycles. The molecule has 1 aromatic heterocycles. The van der Waals surface area contributed by atoms with E-state index in [1.807, 2.05) is 13.8 Å². The molecule has 0 aliphatic heterocycles. The third-order valence-electron chi connectivity index (χ3n) is 3.84. The van der Waals surface area contributed by atoms with E-state index in [9.17, 15) is 9.18 Å². The lowest BCUT2D eigenvalue weighted by Gasteiger charge is -2.26. The van der Waals surface area contributed by atoms with Crippen LogP contribution in [0.4, 0.5) is 4.39 Å². The molecule has 0 aliphatic rings. The minimum absolute atomic E-state index is 0.225. The van der Waals surface area contributed by atoms with Crippen LogP contribution in [-0.4, -0.2) is 23.0 Å². The van der Waals surface area contributed by atoms with Crippen LogP contribution in [0.15, 0.2) is 30.5 Å². The van der Waals surface area contributed by atoms with Crippen LogP contribution >= 0.6 is 11.3 Å². The van der Waals surface area contributed by atoms with Crippen LogP contribution in [0.3, 0.4) is 0 Å². The molecule has 3 N–H and O–H groups in total. The number of amides is 1. The molecule has 0 unspecified atom stereocenters. The van der Waals surface area contributed by atoms with Gasteiger partial charge in [0.25, 0.3) is 5.91 Å². The second-order valence-electron chi connectivity index (χ2n) is 5.26. The van der Waals surface area contributed by atoms with Gasteiger partial charge in [0.05, 0.1) is 6.20 Å². The lowest BCUT2D eigenvalue weighted by atomic mass is 9.94. The number of nitrogens with two attached hydrogens (primary N) is 1. The van der Waals surface area contributed by atoms with E-state index in [-0.39, 0.29) is 11.7 Å². The molecule has 1 aromatic carbocycles. The van der Waals surface area contributed by atoms with Crippen molar-refractivity contribution in [3.8, 4) is 10.6 Å². The Morgan fingerprint density at radius 3 is 2.68 bits per heavy atom. The Morgan fingerprint density at radius 1 is 1.36 bits per heavy atom. The van der Waals surface area contributed by atoms with Gasteiger partial charge >= 0.3 is 0 Å². The van der Waals surface area contributed by atoms with E-state index in [2.05, 4.69) is 10.3 Å². The zero-order valence-electron chi connectivity index (χ0n) is 12.7. The van der Waals surface area contributed by atoms with E-state index in [1.165, 1.54) is 23.6 Å². The van der Waals surface area contributed by atoms with Crippen molar-refractivity contribution in [1.29, 1.82) is 0 Å². The quantitative estimate of drug-likeness (QED) is 0.858. The fourth-order valence-corrected chi connectivity index (χ4v) is 2.84. The van der Waals surface area contributed by atoms with E-state index in [1.54, 1.807) is 18.2 Å². The van der Waals surface area contributed by atoms with Gasteiger partial charge in [-0.05, 0) is 25.0 Å². The first-order chi connectivity index (χ1) is 10.5. The predicted octanol–water partition coefficient (Wildman–Crippen LogP) is 3.20. The molecule has 0 fully saturated rings. The highest BCUT2D eigenvalue weighted by molar-refractivity contribution is 7.16. The summed E-state index contributed by atoms with van der Waals surface area (Å²) in [5, 5.41) is 3.33. The third kappa shape index (κ3) is 3.69. The third-order valence-corrected chi connectivity index (χ3v) is 4.87. The summed E-state index contributed by atoms with van der Waals surface area (Å²) in [5.41, 5.74) is 6.17. The Morgan fingerprint density at radius 2 is 2.05 bits per heavy atom. The molecule has 0 aliphatic carbocycles. The van der Waals surface area contributed by atoms with Crippen LogP contribution in [-0.2, 0) is 0 Å². The van der Waals surface area contributed by atoms with Gasteiger partial charge < -0.3 is 11.1 Å². The Labute approximate surface area is 133 Å². The van der Waals surface area contributed by atoms with E-state index in [4.69, 9.17) is 5.73 Å². The number of benzene rings is 1. The van der Waals surface area contributed by atoms with Crippen molar-refractivity contribution in [1.82, 2.24) is 10.3 Å². The largest absolute Gasteiger partial charge is 0.349 e. The number of nitrogens with one attached hydrogen (secondary N) is 1. The van der Waals surface area contributed by atoms with Crippen LogP contribution in [0.5, 0.6) is 0 Å². The van der Waals surface area contributed by atoms with Crippen molar-refractivity contribution in [2.75, 3.05) is 6.54 Å². The summed E-state index contributed by atoms with van der Waals surface area (Å²) in [5.74, 6) is -0.571. The van der Waals surface area contributed by atoms with Gasteiger partial charge in [-0.25, -0.2) is 9.37 Å². The molecule has 2 aromatic rings. The van der Waals surface area contributed by atoms with E-state index in [0.717, 1.165) is 12.8 Å². The fraction of sp³-hybridized carbons (Fsp3) is 0.375. The van der Waals surface area contributed by atoms with Crippen molar-refractivity contribution >= 4 is 17.2 Å². The van der Waals surface area contributed by atoms with E-state index < -0.39 is 5.54 Å². The molecule has 1 amide bonds. The number of carbonyl (C=O) groups excluding carboxylic acids is 1. The van der Waals surface area contributed by atoms with Gasteiger partial charge in [-0.15, -0.1) is 11.3 Å². The van der Waals surface area contributed by atoms with Crippen LogP contribution in [0.2, 0.25) is 0 Å². The van der Waals surface area contributed by atoms with Crippen molar-refractivity contribution in [2.24, 2.45) is 5.73 Å². The number of carbonyl (C=O) groups is 1. The minimum Gasteiger partial charge on any atom is -0.349 e. The first-order valence-electron chi connectivity index (χ1n) is 7.27. The maximum absolute atomic E-state index is 13.7. The Bertz CT molecular complexity index is 652. The highest BCUT2D eigenvalue weighted by Crippen LogP contribution is 2.27. The van der Waals surface area contributed by atoms with Crippen molar-refractivity contribution in [3.63, 3.8) is 0 Å². The van der Waals surface area contributed by atoms with Gasteiger partial charge in [0.2, 0.25) is 0 Å². The number of nitrogens with zero attached hydrogens (tertiary/aromatic N) is 1. The molecular formula is C16H20FN3OS. The van der Waals surface area contributed by atoms with Gasteiger partial charge in [0.1, 0.15) is 15.7 Å². The average molecular weight is 321 g/mol. The smallest absolute Gasteiger partial charge is 0.263 e. The molecule has 22 heavy (non-hydrogen) atoms. The summed E-state index contributed by atoms with van der Waals surface area (Å²) in [7, 11) is 0. The van der Waals surface area contributed by atoms with Crippen LogP contribution < -0.4 is 11.1 Å². The fourth-order valence-electron chi connectivity index (χ4n) is 1.98. The van der Waals surface area contributed by atoms with Crippen LogP contribution in [0.25, 0.3) is 10.6 Å². The summed E-state index contributed by atoms with van der Waals surface area (Å²) in [4.78, 5) is 16.8. The van der Waals surface area contributed by atoms with Gasteiger partial charge in [-0.2, -0.15) is 0 Å². The first kappa shape index (κ1) is 16.6. The van der Waals surface area contributed by atoms with Gasteiger partial charge in [-0.1, -0.05) is 26.0 Å². The topological polar surface area (TPSA) is 68.0 Å². The maximum Gasteiger partial charge on any atom is 0.263 e. The van der Waals surface area contributed by atoms with E-state index in [0.29, 0.717) is 22.0 Å². The second kappa shape index (κ2) is 6.98. The van der Waals surface area contributed by atoms with Crippen LogP contribution in [0.1, 0.15) is 36.4 Å². The zero-order valence-corrected chi connectivity index (χ0v) is 13.5. The summed E-state index contributed by atoms with van der Waals surface area (Å²) in [6.45, 7) is 4.41. The van der Waals surface area contributed by atoms with Crippen molar-refractivity contribution in [2.45, 2.75) is 32.2 Å². The Kier molecular flexibility index (Phi) is 5.26. The monoisotopic (exact) mass is 321 g/mol. The van der Waals surface area contributed by atoms with Crippen molar-refractivity contribution < 1.29 is 9.18 Å². The average Bonchev–Trinajstić information content (AvgIpc) is 3.02. The summed E-state index contributed by atoms with van der Waals surface area (Å²) in [6, 6.07) is 6.39. The van der Waals surface area contributed by atoms with Gasteiger partial charge in [-0.3, -0.25) is 4.79 Å². The van der Waals surface area contributed by atoms with Gasteiger partial charge in [0, 0.05) is 17.6 Å². The minimum atomic E-state index is -0.394. The lowest BCUT2D eigenvalue weighted by Crippen LogP contribution is -2.49. The summed E-state index contributed by atoms with van der Waals surface area (Å²) >= 11 is 1.17. The molecule has 1 heterocycles. The molecule has 0 radical (unpaired) electrons. The molecule has 4 nitrogen and oxygen atoms in total. The number of aromatic nitrogens is 1. The number of rotatable bonds is 6. The lowest BCUT2D eigenvalue weighted by molar-refractivity contribution is 0.0946. The number of hydrogen-bond donors (Lipinski definition) is 2. The molecule has 2 rings (SSSR count). The highest BCUT2D eigenvalue weighted by Gasteiger charge is 2.22. The molecule has 0 saturated heterocycles. The van der Waals surface area contributed by atoms with E-state index >= 15 is 0 Å². The Balaban J connectivity index is 2.08. The van der Waals surface area contributed by atoms with Gasteiger partial charge in [0.15, 0.2) is 0 Å². The van der Waals surface area contributed by atoms with Crippen molar-refractivity contribution in [3.05, 3.63) is 41.2 Å². The number of halogens is 1. The molecular weight excluding hydrogens is 301 g/mol. The first-order valence-corrected chi connectivity index (χ1v) is 8.08. The van der Waals surface area contributed by atoms with Crippen LogP contribution in [0, 0.1) is 5.82 Å². The molecule has 6 heteroatoms. The normalized spacial score (nSPS) is 11.5. The molecule has 0 spiro atoms. The highest BCUT2D eigenvalue weighted by atomic mass is 32.1. The molecule has 118 valence electrons. The zero-order chi connectivity index (χ0) is 16.2. The Hall–Kier alpha value is -1.79. The number of thiazole rings is 1. The predicted molar refractivity (Wildman–Crippen MR) is 87.3 cm³/mol. The second-order valence-corrected chi connectivity index (χ2v) is 6.29.